The van der Waals surface area contributed by atoms with Crippen LogP contribution in [0.25, 0.3) is 10.9 Å². The summed E-state index contributed by atoms with van der Waals surface area (Å²) < 4.78 is 20.3. The van der Waals surface area contributed by atoms with E-state index in [2.05, 4.69) is 20.9 Å². The molecule has 0 aliphatic heterocycles. The molecule has 0 saturated carbocycles. The minimum absolute atomic E-state index is 0.00187. The van der Waals surface area contributed by atoms with Gasteiger partial charge in [0, 0.05) is 7.11 Å². The quantitative estimate of drug-likeness (QED) is 0.870. The number of benzene rings is 1. The lowest BCUT2D eigenvalue weighted by Crippen LogP contribution is -2.23. The first-order valence-electron chi connectivity index (χ1n) is 4.97. The molecule has 1 aromatic carbocycles. The van der Waals surface area contributed by atoms with Gasteiger partial charge in [0.25, 0.3) is 5.56 Å². The molecular formula is C11H10BrFN2O2. The standard InChI is InChI=1S/C11H10BrFN2O2/c1-17-5-4-15-6-14-8-3-2-7(12)10(13)9(8)11(15)16/h2-3,6H,4-5H2,1H3. The third kappa shape index (κ3) is 2.23. The molecule has 90 valence electrons. The molecule has 1 heterocycles. The number of fused-ring (bicyclic) bond motifs is 1. The number of hydrogen-bond acceptors (Lipinski definition) is 3. The molecule has 0 saturated heterocycles. The molecule has 0 aliphatic carbocycles. The van der Waals surface area contributed by atoms with Gasteiger partial charge in [-0.2, -0.15) is 0 Å². The zero-order chi connectivity index (χ0) is 12.4. The Kier molecular flexibility index (Phi) is 3.54. The molecule has 0 unspecified atom stereocenters. The first-order chi connectivity index (χ1) is 8.15. The van der Waals surface area contributed by atoms with Gasteiger partial charge in [-0.1, -0.05) is 0 Å². The maximum atomic E-state index is 13.8. The van der Waals surface area contributed by atoms with E-state index < -0.39 is 11.4 Å². The molecule has 1 aromatic heterocycles. The largest absolute Gasteiger partial charge is 0.383 e. The highest BCUT2D eigenvalue weighted by Gasteiger charge is 2.11. The first-order valence-corrected chi connectivity index (χ1v) is 5.76. The Labute approximate surface area is 105 Å². The van der Waals surface area contributed by atoms with Crippen LogP contribution in [0, 0.1) is 5.82 Å². The number of rotatable bonds is 3. The molecule has 0 fully saturated rings. The second-order valence-electron chi connectivity index (χ2n) is 3.49. The molecule has 6 heteroatoms. The Morgan fingerprint density at radius 1 is 1.53 bits per heavy atom. The summed E-state index contributed by atoms with van der Waals surface area (Å²) >= 11 is 3.05. The number of nitrogens with zero attached hydrogens (tertiary/aromatic N) is 2. The average Bonchev–Trinajstić information content (AvgIpc) is 2.33. The average molecular weight is 301 g/mol. The first kappa shape index (κ1) is 12.2. The molecule has 2 rings (SSSR count). The monoisotopic (exact) mass is 300 g/mol. The van der Waals surface area contributed by atoms with Crippen molar-refractivity contribution in [3.8, 4) is 0 Å². The van der Waals surface area contributed by atoms with E-state index >= 15 is 0 Å². The lowest BCUT2D eigenvalue weighted by molar-refractivity contribution is 0.186. The van der Waals surface area contributed by atoms with E-state index in [0.717, 1.165) is 0 Å². The molecule has 2 aromatic rings. The number of methoxy groups -OCH3 is 1. The summed E-state index contributed by atoms with van der Waals surface area (Å²) in [5.74, 6) is -0.577. The van der Waals surface area contributed by atoms with Crippen LogP contribution in [0.1, 0.15) is 0 Å². The van der Waals surface area contributed by atoms with Crippen LogP contribution in [0.4, 0.5) is 4.39 Å². The molecule has 0 bridgehead atoms. The van der Waals surface area contributed by atoms with Crippen molar-refractivity contribution in [2.24, 2.45) is 0 Å². The fourth-order valence-corrected chi connectivity index (χ4v) is 1.86. The Hall–Kier alpha value is -1.27. The third-order valence-electron chi connectivity index (χ3n) is 2.42. The minimum Gasteiger partial charge on any atom is -0.383 e. The second-order valence-corrected chi connectivity index (χ2v) is 4.35. The fraction of sp³-hybridized carbons (Fsp3) is 0.273. The van der Waals surface area contributed by atoms with Crippen molar-refractivity contribution in [3.05, 3.63) is 39.1 Å². The highest BCUT2D eigenvalue weighted by atomic mass is 79.9. The Morgan fingerprint density at radius 2 is 2.29 bits per heavy atom. The highest BCUT2D eigenvalue weighted by molar-refractivity contribution is 9.10. The summed E-state index contributed by atoms with van der Waals surface area (Å²) in [4.78, 5) is 16.1. The topological polar surface area (TPSA) is 44.1 Å². The number of hydrogen-bond donors (Lipinski definition) is 0. The van der Waals surface area contributed by atoms with Crippen molar-refractivity contribution in [1.29, 1.82) is 0 Å². The molecule has 0 atom stereocenters. The van der Waals surface area contributed by atoms with Gasteiger partial charge in [0.05, 0.1) is 29.5 Å². The van der Waals surface area contributed by atoms with Crippen LogP contribution >= 0.6 is 15.9 Å². The van der Waals surface area contributed by atoms with Crippen LogP contribution in [-0.4, -0.2) is 23.3 Å². The Balaban J connectivity index is 2.65. The van der Waals surface area contributed by atoms with E-state index in [0.29, 0.717) is 18.7 Å². The van der Waals surface area contributed by atoms with Gasteiger partial charge in [-0.25, -0.2) is 9.37 Å². The van der Waals surface area contributed by atoms with Crippen molar-refractivity contribution >= 4 is 26.8 Å². The van der Waals surface area contributed by atoms with Gasteiger partial charge in [0.15, 0.2) is 5.82 Å². The summed E-state index contributed by atoms with van der Waals surface area (Å²) in [6, 6.07) is 3.13. The summed E-state index contributed by atoms with van der Waals surface area (Å²) in [5.41, 5.74) is -0.0461. The van der Waals surface area contributed by atoms with Crippen LogP contribution in [0.3, 0.4) is 0 Å². The van der Waals surface area contributed by atoms with Crippen LogP contribution in [0.15, 0.2) is 27.7 Å². The predicted molar refractivity (Wildman–Crippen MR) is 65.5 cm³/mol. The Morgan fingerprint density at radius 3 is 3.00 bits per heavy atom. The van der Waals surface area contributed by atoms with Gasteiger partial charge in [-0.3, -0.25) is 9.36 Å². The molecule has 4 nitrogen and oxygen atoms in total. The van der Waals surface area contributed by atoms with Crippen LogP contribution in [-0.2, 0) is 11.3 Å². The van der Waals surface area contributed by atoms with Gasteiger partial charge in [0.1, 0.15) is 5.39 Å². The molecule has 0 spiro atoms. The Bertz CT molecular complexity index is 612. The number of halogens is 2. The summed E-state index contributed by atoms with van der Waals surface area (Å²) in [6.45, 7) is 0.729. The fourth-order valence-electron chi connectivity index (χ4n) is 1.53. The molecule has 17 heavy (non-hydrogen) atoms. The predicted octanol–water partition coefficient (Wildman–Crippen LogP) is 1.94. The summed E-state index contributed by atoms with van der Waals surface area (Å²) in [6.07, 6.45) is 1.40. The van der Waals surface area contributed by atoms with E-state index in [4.69, 9.17) is 4.74 Å². The lowest BCUT2D eigenvalue weighted by Gasteiger charge is -2.06. The van der Waals surface area contributed by atoms with Crippen molar-refractivity contribution in [1.82, 2.24) is 9.55 Å². The van der Waals surface area contributed by atoms with Crippen molar-refractivity contribution < 1.29 is 9.13 Å². The van der Waals surface area contributed by atoms with Crippen LogP contribution in [0.2, 0.25) is 0 Å². The molecule has 0 N–H and O–H groups in total. The minimum atomic E-state index is -0.577. The van der Waals surface area contributed by atoms with Crippen LogP contribution < -0.4 is 5.56 Å². The number of aromatic nitrogens is 2. The van der Waals surface area contributed by atoms with E-state index in [1.54, 1.807) is 6.07 Å². The van der Waals surface area contributed by atoms with Gasteiger partial charge < -0.3 is 4.74 Å². The maximum absolute atomic E-state index is 13.8. The zero-order valence-corrected chi connectivity index (χ0v) is 10.7. The summed E-state index contributed by atoms with van der Waals surface area (Å²) in [5, 5.41) is -0.00187. The van der Waals surface area contributed by atoms with Gasteiger partial charge in [0.2, 0.25) is 0 Å². The highest BCUT2D eigenvalue weighted by Crippen LogP contribution is 2.20. The zero-order valence-electron chi connectivity index (χ0n) is 9.11. The van der Waals surface area contributed by atoms with Gasteiger partial charge in [-0.05, 0) is 28.1 Å². The van der Waals surface area contributed by atoms with Crippen molar-refractivity contribution in [2.75, 3.05) is 13.7 Å². The third-order valence-corrected chi connectivity index (χ3v) is 3.03. The van der Waals surface area contributed by atoms with E-state index in [1.807, 2.05) is 0 Å². The SMILES string of the molecule is COCCn1cnc2ccc(Br)c(F)c2c1=O. The van der Waals surface area contributed by atoms with Crippen molar-refractivity contribution in [2.45, 2.75) is 6.54 Å². The normalized spacial score (nSPS) is 11.0. The number of ether oxygens (including phenoxy) is 1. The molecule has 0 aliphatic rings. The molecule has 0 radical (unpaired) electrons. The second kappa shape index (κ2) is 4.93. The summed E-state index contributed by atoms with van der Waals surface area (Å²) in [7, 11) is 1.54. The van der Waals surface area contributed by atoms with Gasteiger partial charge in [-0.15, -0.1) is 0 Å². The van der Waals surface area contributed by atoms with Gasteiger partial charge >= 0.3 is 0 Å². The smallest absolute Gasteiger partial charge is 0.264 e. The lowest BCUT2D eigenvalue weighted by atomic mass is 10.2. The van der Waals surface area contributed by atoms with E-state index in [-0.39, 0.29) is 9.86 Å². The van der Waals surface area contributed by atoms with E-state index in [9.17, 15) is 9.18 Å². The van der Waals surface area contributed by atoms with E-state index in [1.165, 1.54) is 24.1 Å². The maximum Gasteiger partial charge on any atom is 0.264 e. The molecular weight excluding hydrogens is 291 g/mol. The molecule has 0 amide bonds. The van der Waals surface area contributed by atoms with Crippen LogP contribution in [0.5, 0.6) is 0 Å². The van der Waals surface area contributed by atoms with Crippen molar-refractivity contribution in [3.63, 3.8) is 0 Å².